The molecule has 2 rings (SSSR count). The molecular formula is C15H12F2N2O3. The van der Waals surface area contributed by atoms with Gasteiger partial charge in [0, 0.05) is 42.9 Å². The van der Waals surface area contributed by atoms with E-state index in [0.29, 0.717) is 0 Å². The number of carbonyl (C=O) groups excluding carboxylic acids is 1. The molecule has 0 fully saturated rings. The van der Waals surface area contributed by atoms with Crippen molar-refractivity contribution in [3.05, 3.63) is 75.3 Å². The van der Waals surface area contributed by atoms with Crippen molar-refractivity contribution in [2.75, 3.05) is 7.05 Å². The SMILES string of the molecule is CN(Cc1ccc(F)cc1F)C(=O)c1ccc([N+](=O)[O-])cc1. The Labute approximate surface area is 124 Å². The largest absolute Gasteiger partial charge is 0.337 e. The van der Waals surface area contributed by atoms with Gasteiger partial charge in [-0.25, -0.2) is 8.78 Å². The maximum Gasteiger partial charge on any atom is 0.269 e. The fourth-order valence-corrected chi connectivity index (χ4v) is 1.92. The number of rotatable bonds is 4. The minimum absolute atomic E-state index is 0.0397. The van der Waals surface area contributed by atoms with E-state index in [1.807, 2.05) is 0 Å². The van der Waals surface area contributed by atoms with Crippen molar-refractivity contribution >= 4 is 11.6 Å². The number of benzene rings is 2. The summed E-state index contributed by atoms with van der Waals surface area (Å²) in [6, 6.07) is 8.24. The Morgan fingerprint density at radius 3 is 2.36 bits per heavy atom. The van der Waals surface area contributed by atoms with Gasteiger partial charge in [0.25, 0.3) is 11.6 Å². The maximum atomic E-state index is 13.6. The Balaban J connectivity index is 2.13. The van der Waals surface area contributed by atoms with E-state index < -0.39 is 22.5 Å². The highest BCUT2D eigenvalue weighted by Crippen LogP contribution is 2.16. The minimum atomic E-state index is -0.733. The molecule has 22 heavy (non-hydrogen) atoms. The van der Waals surface area contributed by atoms with Gasteiger partial charge >= 0.3 is 0 Å². The number of nitrogens with zero attached hydrogens (tertiary/aromatic N) is 2. The smallest absolute Gasteiger partial charge is 0.269 e. The second-order valence-electron chi connectivity index (χ2n) is 4.70. The number of nitro benzene ring substituents is 1. The molecule has 0 spiro atoms. The second kappa shape index (κ2) is 6.30. The standard InChI is InChI=1S/C15H12F2N2O3/c1-18(9-11-2-5-12(16)8-14(11)17)15(20)10-3-6-13(7-4-10)19(21)22/h2-8H,9H2,1H3. The molecular weight excluding hydrogens is 294 g/mol. The van der Waals surface area contributed by atoms with Crippen LogP contribution in [0, 0.1) is 21.7 Å². The third kappa shape index (κ3) is 3.43. The molecule has 0 atom stereocenters. The average molecular weight is 306 g/mol. The number of hydrogen-bond donors (Lipinski definition) is 0. The Kier molecular flexibility index (Phi) is 4.45. The molecule has 2 aromatic rings. The van der Waals surface area contributed by atoms with Gasteiger partial charge in [-0.05, 0) is 18.2 Å². The summed E-state index contributed by atoms with van der Waals surface area (Å²) >= 11 is 0. The molecule has 0 aliphatic heterocycles. The highest BCUT2D eigenvalue weighted by atomic mass is 19.1. The van der Waals surface area contributed by atoms with Crippen molar-refractivity contribution in [1.82, 2.24) is 4.90 Å². The van der Waals surface area contributed by atoms with Crippen LogP contribution in [-0.4, -0.2) is 22.8 Å². The molecule has 0 heterocycles. The van der Waals surface area contributed by atoms with Crippen LogP contribution in [0.2, 0.25) is 0 Å². The van der Waals surface area contributed by atoms with Crippen LogP contribution in [0.4, 0.5) is 14.5 Å². The summed E-state index contributed by atoms with van der Waals surface area (Å²) in [5, 5.41) is 10.6. The monoisotopic (exact) mass is 306 g/mol. The van der Waals surface area contributed by atoms with Crippen LogP contribution in [0.25, 0.3) is 0 Å². The van der Waals surface area contributed by atoms with Crippen molar-refractivity contribution in [3.8, 4) is 0 Å². The number of amides is 1. The summed E-state index contributed by atoms with van der Waals surface area (Å²) in [7, 11) is 1.46. The van der Waals surface area contributed by atoms with Gasteiger partial charge in [-0.15, -0.1) is 0 Å². The van der Waals surface area contributed by atoms with Gasteiger partial charge in [-0.3, -0.25) is 14.9 Å². The zero-order valence-corrected chi connectivity index (χ0v) is 11.6. The van der Waals surface area contributed by atoms with E-state index in [4.69, 9.17) is 0 Å². The van der Waals surface area contributed by atoms with Crippen LogP contribution in [0.3, 0.4) is 0 Å². The summed E-state index contributed by atoms with van der Waals surface area (Å²) < 4.78 is 26.4. The Morgan fingerprint density at radius 1 is 1.18 bits per heavy atom. The van der Waals surface area contributed by atoms with Crippen LogP contribution in [0.5, 0.6) is 0 Å². The van der Waals surface area contributed by atoms with Crippen molar-refractivity contribution in [2.45, 2.75) is 6.54 Å². The topological polar surface area (TPSA) is 63.5 Å². The molecule has 0 aliphatic carbocycles. The van der Waals surface area contributed by atoms with E-state index in [-0.39, 0.29) is 23.4 Å². The summed E-state index contributed by atoms with van der Waals surface area (Å²) in [5.41, 5.74) is 0.304. The lowest BCUT2D eigenvalue weighted by Crippen LogP contribution is -2.26. The molecule has 0 saturated carbocycles. The lowest BCUT2D eigenvalue weighted by Gasteiger charge is -2.17. The number of non-ortho nitro benzene ring substituents is 1. The summed E-state index contributed by atoms with van der Waals surface area (Å²) in [6.07, 6.45) is 0. The van der Waals surface area contributed by atoms with Gasteiger partial charge in [-0.2, -0.15) is 0 Å². The normalized spacial score (nSPS) is 10.3. The summed E-state index contributed by atoms with van der Waals surface area (Å²) in [5.74, 6) is -1.84. The van der Waals surface area contributed by atoms with Crippen LogP contribution in [0.1, 0.15) is 15.9 Å². The molecule has 2 aromatic carbocycles. The predicted octanol–water partition coefficient (Wildman–Crippen LogP) is 3.15. The Bertz CT molecular complexity index is 717. The molecule has 0 radical (unpaired) electrons. The highest BCUT2D eigenvalue weighted by Gasteiger charge is 2.15. The van der Waals surface area contributed by atoms with Gasteiger partial charge in [0.05, 0.1) is 4.92 Å². The van der Waals surface area contributed by atoms with E-state index in [9.17, 15) is 23.7 Å². The average Bonchev–Trinajstić information content (AvgIpc) is 2.49. The molecule has 114 valence electrons. The van der Waals surface area contributed by atoms with Crippen molar-refractivity contribution in [1.29, 1.82) is 0 Å². The predicted molar refractivity (Wildman–Crippen MR) is 75.3 cm³/mol. The first kappa shape index (κ1) is 15.6. The van der Waals surface area contributed by atoms with E-state index in [2.05, 4.69) is 0 Å². The number of carbonyl (C=O) groups is 1. The van der Waals surface area contributed by atoms with E-state index in [1.165, 1.54) is 42.3 Å². The van der Waals surface area contributed by atoms with Crippen LogP contribution < -0.4 is 0 Å². The van der Waals surface area contributed by atoms with Crippen LogP contribution >= 0.6 is 0 Å². The molecule has 7 heteroatoms. The van der Waals surface area contributed by atoms with E-state index in [0.717, 1.165) is 12.1 Å². The third-order valence-electron chi connectivity index (χ3n) is 3.09. The molecule has 0 aromatic heterocycles. The van der Waals surface area contributed by atoms with Gasteiger partial charge in [0.15, 0.2) is 0 Å². The van der Waals surface area contributed by atoms with Gasteiger partial charge in [0.1, 0.15) is 11.6 Å². The molecule has 0 bridgehead atoms. The zero-order valence-electron chi connectivity index (χ0n) is 11.6. The Morgan fingerprint density at radius 2 is 1.82 bits per heavy atom. The van der Waals surface area contributed by atoms with Crippen molar-refractivity contribution in [3.63, 3.8) is 0 Å². The third-order valence-corrected chi connectivity index (χ3v) is 3.09. The number of halogens is 2. The van der Waals surface area contributed by atoms with Gasteiger partial charge in [-0.1, -0.05) is 6.07 Å². The van der Waals surface area contributed by atoms with E-state index >= 15 is 0 Å². The van der Waals surface area contributed by atoms with Crippen LogP contribution in [0.15, 0.2) is 42.5 Å². The summed E-state index contributed by atoms with van der Waals surface area (Å²) in [6.45, 7) is -0.0397. The molecule has 1 amide bonds. The number of nitro groups is 1. The van der Waals surface area contributed by atoms with Gasteiger partial charge < -0.3 is 4.90 Å². The van der Waals surface area contributed by atoms with Crippen LogP contribution in [-0.2, 0) is 6.54 Å². The summed E-state index contributed by atoms with van der Waals surface area (Å²) in [4.78, 5) is 23.4. The fourth-order valence-electron chi connectivity index (χ4n) is 1.92. The first-order chi connectivity index (χ1) is 10.4. The molecule has 5 nitrogen and oxygen atoms in total. The van der Waals surface area contributed by atoms with Gasteiger partial charge in [0.2, 0.25) is 0 Å². The quantitative estimate of drug-likeness (QED) is 0.644. The van der Waals surface area contributed by atoms with Crippen molar-refractivity contribution < 1.29 is 18.5 Å². The highest BCUT2D eigenvalue weighted by molar-refractivity contribution is 5.94. The zero-order chi connectivity index (χ0) is 16.3. The molecule has 0 saturated heterocycles. The van der Waals surface area contributed by atoms with Crippen molar-refractivity contribution in [2.24, 2.45) is 0 Å². The lowest BCUT2D eigenvalue weighted by molar-refractivity contribution is -0.384. The fraction of sp³-hybridized carbons (Fsp3) is 0.133. The second-order valence-corrected chi connectivity index (χ2v) is 4.70. The first-order valence-corrected chi connectivity index (χ1v) is 6.32. The molecule has 0 N–H and O–H groups in total. The molecule has 0 aliphatic rings. The minimum Gasteiger partial charge on any atom is -0.337 e. The molecule has 0 unspecified atom stereocenters. The maximum absolute atomic E-state index is 13.6. The first-order valence-electron chi connectivity index (χ1n) is 6.32. The number of hydrogen-bond acceptors (Lipinski definition) is 3. The Hall–Kier alpha value is -2.83. The lowest BCUT2D eigenvalue weighted by atomic mass is 10.1. The van der Waals surface area contributed by atoms with E-state index in [1.54, 1.807) is 0 Å².